The molecule has 4 rings (SSSR count). The van der Waals surface area contributed by atoms with Gasteiger partial charge < -0.3 is 20.1 Å². The maximum atomic E-state index is 12.2. The van der Waals surface area contributed by atoms with Gasteiger partial charge >= 0.3 is 6.03 Å². The van der Waals surface area contributed by atoms with Crippen LogP contribution < -0.4 is 5.32 Å². The predicted molar refractivity (Wildman–Crippen MR) is 89.0 cm³/mol. The van der Waals surface area contributed by atoms with Crippen LogP contribution in [-0.4, -0.2) is 58.0 Å². The number of aromatic amines is 1. The summed E-state index contributed by atoms with van der Waals surface area (Å²) in [7, 11) is 0. The Bertz CT molecular complexity index is 755. The van der Waals surface area contributed by atoms with Gasteiger partial charge in [0.25, 0.3) is 0 Å². The van der Waals surface area contributed by atoms with Gasteiger partial charge in [-0.25, -0.2) is 9.78 Å². The van der Waals surface area contributed by atoms with E-state index in [9.17, 15) is 4.79 Å². The zero-order valence-corrected chi connectivity index (χ0v) is 13.4. The van der Waals surface area contributed by atoms with Crippen molar-refractivity contribution in [2.24, 2.45) is 5.92 Å². The molecule has 1 aromatic heterocycles. The molecule has 7 heteroatoms. The summed E-state index contributed by atoms with van der Waals surface area (Å²) in [5, 5.41) is 11.9. The summed E-state index contributed by atoms with van der Waals surface area (Å²) in [6, 6.07) is 8.09. The first-order valence-corrected chi connectivity index (χ1v) is 8.35. The van der Waals surface area contributed by atoms with Crippen molar-refractivity contribution < 1.29 is 4.79 Å². The van der Waals surface area contributed by atoms with Gasteiger partial charge in [0, 0.05) is 38.5 Å². The number of hydrogen-bond acceptors (Lipinski definition) is 4. The molecular formula is C17H20N6O. The molecule has 0 bridgehead atoms. The molecule has 2 aliphatic rings. The zero-order valence-electron chi connectivity index (χ0n) is 13.4. The number of fused-ring (bicyclic) bond motifs is 1. The fraction of sp³-hybridized carbons (Fsp3) is 0.471. The molecule has 1 atom stereocenters. The maximum Gasteiger partial charge on any atom is 0.317 e. The summed E-state index contributed by atoms with van der Waals surface area (Å²) in [4.78, 5) is 23.7. The quantitative estimate of drug-likeness (QED) is 0.833. The molecule has 0 radical (unpaired) electrons. The van der Waals surface area contributed by atoms with E-state index in [4.69, 9.17) is 5.26 Å². The molecule has 2 amide bonds. The molecule has 3 heterocycles. The van der Waals surface area contributed by atoms with Crippen molar-refractivity contribution >= 4 is 17.1 Å². The minimum absolute atomic E-state index is 0.0133. The maximum absolute atomic E-state index is 12.2. The number of benzene rings is 1. The highest BCUT2D eigenvalue weighted by atomic mass is 16.2. The van der Waals surface area contributed by atoms with E-state index in [1.165, 1.54) is 0 Å². The van der Waals surface area contributed by atoms with Crippen molar-refractivity contribution in [1.29, 1.82) is 5.26 Å². The smallest absolute Gasteiger partial charge is 0.317 e. The van der Waals surface area contributed by atoms with Gasteiger partial charge in [-0.1, -0.05) is 12.1 Å². The molecule has 0 spiro atoms. The van der Waals surface area contributed by atoms with E-state index in [1.807, 2.05) is 29.2 Å². The summed E-state index contributed by atoms with van der Waals surface area (Å²) in [6.45, 7) is 2.88. The van der Waals surface area contributed by atoms with Crippen molar-refractivity contribution in [2.45, 2.75) is 18.9 Å². The third-order valence-electron chi connectivity index (χ3n) is 4.82. The Morgan fingerprint density at radius 2 is 2.21 bits per heavy atom. The van der Waals surface area contributed by atoms with Crippen molar-refractivity contribution in [1.82, 2.24) is 25.1 Å². The Labute approximate surface area is 140 Å². The number of H-pyrrole nitrogens is 1. The molecule has 0 saturated carbocycles. The number of amides is 2. The first kappa shape index (κ1) is 14.8. The fourth-order valence-electron chi connectivity index (χ4n) is 3.48. The minimum atomic E-state index is -0.0133. The summed E-state index contributed by atoms with van der Waals surface area (Å²) < 4.78 is 0. The van der Waals surface area contributed by atoms with Crippen LogP contribution in [0.25, 0.3) is 11.0 Å². The Morgan fingerprint density at radius 3 is 2.96 bits per heavy atom. The average Bonchev–Trinajstić information content (AvgIpc) is 3.15. The van der Waals surface area contributed by atoms with Crippen LogP contribution in [0.1, 0.15) is 12.2 Å². The number of hydrogen-bond donors (Lipinski definition) is 2. The van der Waals surface area contributed by atoms with Gasteiger partial charge in [0.05, 0.1) is 17.1 Å². The van der Waals surface area contributed by atoms with Crippen LogP contribution in [0.5, 0.6) is 0 Å². The SMILES string of the molecule is N#CN1CC[C@@H](NC(=O)N2CC(Cc3nc4ccccc4[nH]3)C2)C1. The number of rotatable bonds is 3. The van der Waals surface area contributed by atoms with Crippen LogP contribution in [0.2, 0.25) is 0 Å². The lowest BCUT2D eigenvalue weighted by atomic mass is 9.96. The third-order valence-corrected chi connectivity index (χ3v) is 4.82. The highest BCUT2D eigenvalue weighted by molar-refractivity contribution is 5.76. The standard InChI is InChI=1S/C17H20N6O/c18-11-22-6-5-13(10-22)19-17(24)23-8-12(9-23)7-16-20-14-3-1-2-4-15(14)21-16/h1-4,12-13H,5-10H2,(H,19,24)(H,20,21)/t13-/m1/s1. The zero-order chi connectivity index (χ0) is 16.5. The molecule has 0 aliphatic carbocycles. The van der Waals surface area contributed by atoms with Crippen molar-refractivity contribution in [3.63, 3.8) is 0 Å². The fourth-order valence-corrected chi connectivity index (χ4v) is 3.48. The van der Waals surface area contributed by atoms with Crippen LogP contribution in [0.15, 0.2) is 24.3 Å². The third kappa shape index (κ3) is 2.87. The number of nitrogens with one attached hydrogen (secondary N) is 2. The molecule has 24 heavy (non-hydrogen) atoms. The monoisotopic (exact) mass is 324 g/mol. The second kappa shape index (κ2) is 6.04. The largest absolute Gasteiger partial charge is 0.342 e. The number of carbonyl (C=O) groups is 1. The summed E-state index contributed by atoms with van der Waals surface area (Å²) in [5.41, 5.74) is 2.05. The predicted octanol–water partition coefficient (Wildman–Crippen LogP) is 1.30. The summed E-state index contributed by atoms with van der Waals surface area (Å²) in [5.74, 6) is 1.44. The molecule has 2 saturated heterocycles. The van der Waals surface area contributed by atoms with Crippen molar-refractivity contribution in [3.8, 4) is 6.19 Å². The number of imidazole rings is 1. The number of likely N-dealkylation sites (tertiary alicyclic amines) is 2. The first-order valence-electron chi connectivity index (χ1n) is 8.35. The number of aromatic nitrogens is 2. The molecule has 2 aromatic rings. The van der Waals surface area contributed by atoms with Gasteiger partial charge in [0.2, 0.25) is 0 Å². The number of para-hydroxylation sites is 2. The van der Waals surface area contributed by atoms with Crippen molar-refractivity contribution in [3.05, 3.63) is 30.1 Å². The van der Waals surface area contributed by atoms with Crippen LogP contribution >= 0.6 is 0 Å². The number of urea groups is 1. The number of nitrogens with zero attached hydrogens (tertiary/aromatic N) is 4. The van der Waals surface area contributed by atoms with Crippen LogP contribution in [-0.2, 0) is 6.42 Å². The Hall–Kier alpha value is -2.75. The van der Waals surface area contributed by atoms with E-state index in [1.54, 1.807) is 4.90 Å². The first-order chi connectivity index (χ1) is 11.7. The van der Waals surface area contributed by atoms with Gasteiger partial charge in [0.1, 0.15) is 5.82 Å². The van der Waals surface area contributed by atoms with Gasteiger partial charge in [0.15, 0.2) is 6.19 Å². The van der Waals surface area contributed by atoms with E-state index in [0.29, 0.717) is 12.5 Å². The van der Waals surface area contributed by atoms with E-state index >= 15 is 0 Å². The van der Waals surface area contributed by atoms with E-state index in [0.717, 1.165) is 49.3 Å². The van der Waals surface area contributed by atoms with Crippen LogP contribution in [0.3, 0.4) is 0 Å². The lowest BCUT2D eigenvalue weighted by molar-refractivity contribution is 0.117. The van der Waals surface area contributed by atoms with Gasteiger partial charge in [-0.15, -0.1) is 0 Å². The molecule has 2 aliphatic heterocycles. The van der Waals surface area contributed by atoms with Gasteiger partial charge in [-0.2, -0.15) is 5.26 Å². The van der Waals surface area contributed by atoms with Gasteiger partial charge in [-0.05, 0) is 18.6 Å². The topological polar surface area (TPSA) is 88.1 Å². The van der Waals surface area contributed by atoms with Crippen molar-refractivity contribution in [2.75, 3.05) is 26.2 Å². The Morgan fingerprint density at radius 1 is 1.38 bits per heavy atom. The molecule has 1 aromatic carbocycles. The van der Waals surface area contributed by atoms with E-state index in [-0.39, 0.29) is 12.1 Å². The number of carbonyl (C=O) groups excluding carboxylic acids is 1. The molecule has 0 unspecified atom stereocenters. The van der Waals surface area contributed by atoms with Crippen LogP contribution in [0.4, 0.5) is 4.79 Å². The van der Waals surface area contributed by atoms with E-state index in [2.05, 4.69) is 21.5 Å². The summed E-state index contributed by atoms with van der Waals surface area (Å²) >= 11 is 0. The second-order valence-corrected chi connectivity index (χ2v) is 6.66. The summed E-state index contributed by atoms with van der Waals surface area (Å²) in [6.07, 6.45) is 3.84. The molecule has 124 valence electrons. The average molecular weight is 324 g/mol. The van der Waals surface area contributed by atoms with E-state index < -0.39 is 0 Å². The Kier molecular flexibility index (Phi) is 3.73. The lowest BCUT2D eigenvalue weighted by Crippen LogP contribution is -2.56. The lowest BCUT2D eigenvalue weighted by Gasteiger charge is -2.39. The molecule has 2 N–H and O–H groups in total. The highest BCUT2D eigenvalue weighted by Gasteiger charge is 2.33. The molecular weight excluding hydrogens is 304 g/mol. The van der Waals surface area contributed by atoms with Gasteiger partial charge in [-0.3, -0.25) is 0 Å². The minimum Gasteiger partial charge on any atom is -0.342 e. The second-order valence-electron chi connectivity index (χ2n) is 6.66. The highest BCUT2D eigenvalue weighted by Crippen LogP contribution is 2.21. The molecule has 7 nitrogen and oxygen atoms in total. The molecule has 2 fully saturated rings. The van der Waals surface area contributed by atoms with Crippen LogP contribution in [0, 0.1) is 17.4 Å². The normalized spacial score (nSPS) is 20.9. The number of nitriles is 1. The Balaban J connectivity index is 1.26.